The van der Waals surface area contributed by atoms with Crippen LogP contribution in [-0.4, -0.2) is 16.7 Å². The summed E-state index contributed by atoms with van der Waals surface area (Å²) in [7, 11) is 0. The Morgan fingerprint density at radius 3 is 1.71 bits per heavy atom. The van der Waals surface area contributed by atoms with E-state index in [0.29, 0.717) is 0 Å². The van der Waals surface area contributed by atoms with E-state index in [1.807, 2.05) is 0 Å². The van der Waals surface area contributed by atoms with Crippen LogP contribution in [0.3, 0.4) is 0 Å². The van der Waals surface area contributed by atoms with Gasteiger partial charge < -0.3 is 10.2 Å². The van der Waals surface area contributed by atoms with Crippen LogP contribution in [-0.2, 0) is 27.2 Å². The van der Waals surface area contributed by atoms with Crippen molar-refractivity contribution in [3.63, 3.8) is 0 Å². The Morgan fingerprint density at radius 1 is 1.71 bits per heavy atom. The fourth-order valence-electron chi connectivity index (χ4n) is 0. The summed E-state index contributed by atoms with van der Waals surface area (Å²) in [4.78, 5) is 8.36. The van der Waals surface area contributed by atoms with Crippen LogP contribution in [0.25, 0.3) is 0 Å². The smallest absolute Gasteiger partial charge is 0.566 e. The summed E-state index contributed by atoms with van der Waals surface area (Å²) in [5.74, 6) is 0. The summed E-state index contributed by atoms with van der Waals surface area (Å²) >= 11 is 0. The molecule has 0 spiro atoms. The average molecular weight is 199 g/mol. The second-order valence-corrected chi connectivity index (χ2v) is 0.364. The third-order valence-electron chi connectivity index (χ3n) is 0. The third-order valence-corrected chi connectivity index (χ3v) is 0. The molecule has 4 heteroatoms. The minimum absolute atomic E-state index is 0. The van der Waals surface area contributed by atoms with Gasteiger partial charge >= 0.3 is 22.4 Å². The molecule has 0 aromatic carbocycles. The van der Waals surface area contributed by atoms with Crippen LogP contribution in [0.4, 0.5) is 0 Å². The van der Waals surface area contributed by atoms with Crippen LogP contribution in [0.5, 0.6) is 0 Å². The van der Waals surface area contributed by atoms with Crippen LogP contribution in [0.1, 0.15) is 6.92 Å². The van der Waals surface area contributed by atoms with E-state index in [-0.39, 0.29) is 28.9 Å². The SMILES string of the molecule is C[CH-]O.O=CO.[Ag+]. The molecule has 0 aliphatic heterocycles. The molecule has 0 amide bonds. The fourth-order valence-corrected chi connectivity index (χ4v) is 0. The molecule has 0 radical (unpaired) electrons. The Hall–Kier alpha value is 0.170. The van der Waals surface area contributed by atoms with Crippen LogP contribution < -0.4 is 0 Å². The first-order valence-electron chi connectivity index (χ1n) is 1.33. The summed E-state index contributed by atoms with van der Waals surface area (Å²) in [5, 5.41) is 14.3. The van der Waals surface area contributed by atoms with Crippen molar-refractivity contribution in [3.8, 4) is 0 Å². The van der Waals surface area contributed by atoms with Crippen molar-refractivity contribution in [2.24, 2.45) is 0 Å². The van der Waals surface area contributed by atoms with Gasteiger partial charge in [-0.3, -0.25) is 4.79 Å². The molecule has 0 unspecified atom stereocenters. The number of aliphatic hydroxyl groups is 1. The minimum Gasteiger partial charge on any atom is -0.566 e. The zero-order valence-electron chi connectivity index (χ0n) is 3.76. The molecular formula is C3H7AgO3. The van der Waals surface area contributed by atoms with E-state index in [0.717, 1.165) is 6.61 Å². The summed E-state index contributed by atoms with van der Waals surface area (Å²) in [6.07, 6.45) is 0. The number of carboxylic acid groups (broad SMARTS) is 1. The van der Waals surface area contributed by atoms with Crippen LogP contribution in [0.15, 0.2) is 0 Å². The van der Waals surface area contributed by atoms with Crippen molar-refractivity contribution in [3.05, 3.63) is 6.61 Å². The van der Waals surface area contributed by atoms with Crippen molar-refractivity contribution in [1.82, 2.24) is 0 Å². The van der Waals surface area contributed by atoms with E-state index < -0.39 is 0 Å². The molecule has 0 rings (SSSR count). The normalized spacial score (nSPS) is 4.29. The first-order valence-corrected chi connectivity index (χ1v) is 1.33. The van der Waals surface area contributed by atoms with Crippen LogP contribution >= 0.6 is 0 Å². The second kappa shape index (κ2) is 35.0. The number of rotatable bonds is 0. The largest absolute Gasteiger partial charge is 1.00 e. The van der Waals surface area contributed by atoms with E-state index in [1.54, 1.807) is 6.92 Å². The fraction of sp³-hybridized carbons (Fsp3) is 0.333. The second-order valence-electron chi connectivity index (χ2n) is 0.364. The van der Waals surface area contributed by atoms with E-state index >= 15 is 0 Å². The number of hydrogen-bond donors (Lipinski definition) is 2. The molecule has 48 valence electrons. The quantitative estimate of drug-likeness (QED) is 0.333. The first kappa shape index (κ1) is 15.7. The molecule has 0 fully saturated rings. The molecule has 0 aliphatic carbocycles. The van der Waals surface area contributed by atoms with Gasteiger partial charge in [0.25, 0.3) is 6.47 Å². The van der Waals surface area contributed by atoms with Crippen molar-refractivity contribution >= 4 is 6.47 Å². The van der Waals surface area contributed by atoms with Gasteiger partial charge in [0.15, 0.2) is 0 Å². The van der Waals surface area contributed by atoms with Gasteiger partial charge in [0, 0.05) is 0 Å². The van der Waals surface area contributed by atoms with Gasteiger partial charge in [-0.05, 0) is 0 Å². The van der Waals surface area contributed by atoms with Gasteiger partial charge in [-0.1, -0.05) is 0 Å². The zero-order valence-corrected chi connectivity index (χ0v) is 5.24. The maximum atomic E-state index is 8.36. The maximum absolute atomic E-state index is 8.36. The van der Waals surface area contributed by atoms with Gasteiger partial charge in [-0.15, -0.1) is 0 Å². The van der Waals surface area contributed by atoms with E-state index in [4.69, 9.17) is 15.0 Å². The van der Waals surface area contributed by atoms with Gasteiger partial charge in [0.1, 0.15) is 0 Å². The molecular weight excluding hydrogens is 192 g/mol. The maximum Gasteiger partial charge on any atom is 1.00 e. The molecule has 0 bridgehead atoms. The molecule has 2 N–H and O–H groups in total. The van der Waals surface area contributed by atoms with Crippen LogP contribution in [0.2, 0.25) is 0 Å². The topological polar surface area (TPSA) is 57.5 Å². The third kappa shape index (κ3) is 3700. The Morgan fingerprint density at radius 2 is 1.71 bits per heavy atom. The van der Waals surface area contributed by atoms with E-state index in [1.165, 1.54) is 0 Å². The summed E-state index contributed by atoms with van der Waals surface area (Å²) in [6, 6.07) is 0. The van der Waals surface area contributed by atoms with Gasteiger partial charge in [-0.2, -0.15) is 6.92 Å². The van der Waals surface area contributed by atoms with Gasteiger partial charge in [0.2, 0.25) is 0 Å². The molecule has 0 aliphatic rings. The Balaban J connectivity index is -0.0000000400. The standard InChI is InChI=1S/C2H5O.CH2O2.Ag/c1-2-3;2-1-3;/h2-3H,1H3;1H,(H,2,3);/q-1;;+1. The Bertz CT molecular complexity index is 24.1. The predicted octanol–water partition coefficient (Wildman–Crippen LogP) is 0.239. The number of aliphatic hydroxyl groups excluding tert-OH is 1. The summed E-state index contributed by atoms with van der Waals surface area (Å²) in [5.41, 5.74) is 0. The zero-order chi connectivity index (χ0) is 5.41. The molecule has 3 nitrogen and oxygen atoms in total. The molecule has 0 aromatic heterocycles. The average Bonchev–Trinajstić information content (AvgIpc) is 1.39. The number of carbonyl (C=O) groups is 1. The van der Waals surface area contributed by atoms with E-state index in [9.17, 15) is 0 Å². The Kier molecular flexibility index (Phi) is 78.5. The van der Waals surface area contributed by atoms with E-state index in [2.05, 4.69) is 0 Å². The molecule has 0 atom stereocenters. The van der Waals surface area contributed by atoms with Crippen LogP contribution in [0, 0.1) is 6.61 Å². The number of hydrogen-bond acceptors (Lipinski definition) is 2. The van der Waals surface area contributed by atoms with Crippen molar-refractivity contribution in [1.29, 1.82) is 0 Å². The Labute approximate surface area is 57.9 Å². The van der Waals surface area contributed by atoms with Gasteiger partial charge in [0.05, 0.1) is 0 Å². The van der Waals surface area contributed by atoms with Crippen molar-refractivity contribution in [2.75, 3.05) is 0 Å². The molecule has 0 saturated carbocycles. The first-order chi connectivity index (χ1) is 2.83. The summed E-state index contributed by atoms with van der Waals surface area (Å²) in [6.45, 7) is 2.31. The van der Waals surface area contributed by atoms with Crippen molar-refractivity contribution < 1.29 is 37.4 Å². The molecule has 0 heterocycles. The monoisotopic (exact) mass is 198 g/mol. The molecule has 7 heavy (non-hydrogen) atoms. The minimum atomic E-state index is -0.250. The van der Waals surface area contributed by atoms with Gasteiger partial charge in [-0.25, -0.2) is 6.61 Å². The molecule has 0 saturated heterocycles. The predicted molar refractivity (Wildman–Crippen MR) is 20.6 cm³/mol. The van der Waals surface area contributed by atoms with Crippen molar-refractivity contribution in [2.45, 2.75) is 6.92 Å². The summed E-state index contributed by atoms with van der Waals surface area (Å²) < 4.78 is 0. The molecule has 0 aromatic rings.